The van der Waals surface area contributed by atoms with E-state index in [-0.39, 0.29) is 22.8 Å². The molecule has 174 valence electrons. The Balaban J connectivity index is 1.56. The molecule has 6 nitrogen and oxygen atoms in total. The molecular formula is C26H30N2O4S. The number of rotatable bonds is 8. The van der Waals surface area contributed by atoms with Crippen LogP contribution in [0.1, 0.15) is 38.8 Å². The van der Waals surface area contributed by atoms with Crippen LogP contribution in [0.3, 0.4) is 0 Å². The number of hydrogen-bond acceptors (Lipinski definition) is 4. The Bertz CT molecular complexity index is 1170. The van der Waals surface area contributed by atoms with Crippen molar-refractivity contribution in [1.29, 1.82) is 0 Å². The second kappa shape index (κ2) is 10.2. The second-order valence-corrected chi connectivity index (χ2v) is 10.6. The van der Waals surface area contributed by atoms with Gasteiger partial charge >= 0.3 is 0 Å². The predicted molar refractivity (Wildman–Crippen MR) is 131 cm³/mol. The van der Waals surface area contributed by atoms with E-state index in [1.165, 1.54) is 17.7 Å². The molecule has 0 spiro atoms. The first-order valence-electron chi connectivity index (χ1n) is 10.8. The minimum Gasteiger partial charge on any atom is -0.481 e. The summed E-state index contributed by atoms with van der Waals surface area (Å²) >= 11 is 0. The van der Waals surface area contributed by atoms with Gasteiger partial charge in [-0.05, 0) is 59.9 Å². The molecule has 0 bridgehead atoms. The molecule has 1 amide bonds. The first kappa shape index (κ1) is 24.5. The highest BCUT2D eigenvalue weighted by Crippen LogP contribution is 2.25. The molecule has 3 aromatic carbocycles. The molecule has 0 saturated heterocycles. The summed E-state index contributed by atoms with van der Waals surface area (Å²) in [5.41, 5.74) is 2.57. The van der Waals surface area contributed by atoms with Crippen molar-refractivity contribution in [3.8, 4) is 5.75 Å². The van der Waals surface area contributed by atoms with Crippen molar-refractivity contribution in [2.45, 2.75) is 50.7 Å². The number of hydrogen-bond donors (Lipinski definition) is 2. The van der Waals surface area contributed by atoms with Crippen molar-refractivity contribution in [3.05, 3.63) is 90.0 Å². The molecule has 0 saturated carbocycles. The van der Waals surface area contributed by atoms with Crippen LogP contribution in [0, 0.1) is 0 Å². The second-order valence-electron chi connectivity index (χ2n) is 8.86. The molecule has 0 aromatic heterocycles. The highest BCUT2D eigenvalue weighted by molar-refractivity contribution is 7.89. The summed E-state index contributed by atoms with van der Waals surface area (Å²) in [4.78, 5) is 12.6. The van der Waals surface area contributed by atoms with Crippen LogP contribution in [0.4, 0.5) is 5.69 Å². The van der Waals surface area contributed by atoms with Gasteiger partial charge < -0.3 is 10.1 Å². The number of carbonyl (C=O) groups excluding carboxylic acids is 1. The van der Waals surface area contributed by atoms with Crippen LogP contribution in [-0.2, 0) is 26.8 Å². The zero-order chi connectivity index (χ0) is 24.1. The van der Waals surface area contributed by atoms with Crippen molar-refractivity contribution in [1.82, 2.24) is 4.72 Å². The SMILES string of the molecule is CC(Oc1ccc(C(C)(C)C)cc1)C(=O)Nc1ccc(S(=O)(=O)NCc2ccccc2)cc1. The lowest BCUT2D eigenvalue weighted by Crippen LogP contribution is -2.30. The molecule has 0 aliphatic rings. The number of sulfonamides is 1. The van der Waals surface area contributed by atoms with Crippen molar-refractivity contribution in [3.63, 3.8) is 0 Å². The molecule has 0 radical (unpaired) electrons. The van der Waals surface area contributed by atoms with Crippen LogP contribution in [0.25, 0.3) is 0 Å². The van der Waals surface area contributed by atoms with Crippen LogP contribution < -0.4 is 14.8 Å². The maximum absolute atomic E-state index is 12.5. The van der Waals surface area contributed by atoms with E-state index in [1.807, 2.05) is 54.6 Å². The van der Waals surface area contributed by atoms with Gasteiger partial charge in [0, 0.05) is 12.2 Å². The molecule has 7 heteroatoms. The number of nitrogens with one attached hydrogen (secondary N) is 2. The fraction of sp³-hybridized carbons (Fsp3) is 0.269. The summed E-state index contributed by atoms with van der Waals surface area (Å²) in [7, 11) is -3.66. The highest BCUT2D eigenvalue weighted by Gasteiger charge is 2.18. The molecule has 3 rings (SSSR count). The smallest absolute Gasteiger partial charge is 0.265 e. The summed E-state index contributed by atoms with van der Waals surface area (Å²) in [6, 6.07) is 23.0. The lowest BCUT2D eigenvalue weighted by atomic mass is 9.87. The Morgan fingerprint density at radius 2 is 1.52 bits per heavy atom. The van der Waals surface area contributed by atoms with E-state index in [0.717, 1.165) is 5.56 Å². The van der Waals surface area contributed by atoms with Gasteiger partial charge in [0.15, 0.2) is 6.10 Å². The monoisotopic (exact) mass is 466 g/mol. The van der Waals surface area contributed by atoms with E-state index in [0.29, 0.717) is 11.4 Å². The van der Waals surface area contributed by atoms with Crippen molar-refractivity contribution in [2.24, 2.45) is 0 Å². The summed E-state index contributed by atoms with van der Waals surface area (Å²) in [6.07, 6.45) is -0.721. The van der Waals surface area contributed by atoms with Crippen molar-refractivity contribution >= 4 is 21.6 Å². The lowest BCUT2D eigenvalue weighted by molar-refractivity contribution is -0.122. The van der Waals surface area contributed by atoms with E-state index >= 15 is 0 Å². The van der Waals surface area contributed by atoms with Gasteiger partial charge in [-0.15, -0.1) is 0 Å². The van der Waals surface area contributed by atoms with Gasteiger partial charge in [0.25, 0.3) is 5.91 Å². The number of carbonyl (C=O) groups is 1. The largest absolute Gasteiger partial charge is 0.481 e. The molecule has 33 heavy (non-hydrogen) atoms. The quantitative estimate of drug-likeness (QED) is 0.496. The average molecular weight is 467 g/mol. The van der Waals surface area contributed by atoms with Crippen LogP contribution in [-0.4, -0.2) is 20.4 Å². The molecule has 1 unspecified atom stereocenters. The van der Waals surface area contributed by atoms with Crippen LogP contribution in [0.2, 0.25) is 0 Å². The Morgan fingerprint density at radius 3 is 2.09 bits per heavy atom. The molecule has 0 heterocycles. The zero-order valence-corrected chi connectivity index (χ0v) is 20.1. The molecule has 0 aliphatic carbocycles. The van der Waals surface area contributed by atoms with Crippen LogP contribution >= 0.6 is 0 Å². The van der Waals surface area contributed by atoms with Gasteiger partial charge in [-0.2, -0.15) is 0 Å². The van der Waals surface area contributed by atoms with Gasteiger partial charge in [-0.3, -0.25) is 4.79 Å². The van der Waals surface area contributed by atoms with E-state index < -0.39 is 16.1 Å². The van der Waals surface area contributed by atoms with Crippen LogP contribution in [0.15, 0.2) is 83.8 Å². The van der Waals surface area contributed by atoms with Gasteiger partial charge in [-0.25, -0.2) is 13.1 Å². The fourth-order valence-corrected chi connectivity index (χ4v) is 4.13. The maximum Gasteiger partial charge on any atom is 0.265 e. The topological polar surface area (TPSA) is 84.5 Å². The summed E-state index contributed by atoms with van der Waals surface area (Å²) < 4.78 is 33.4. The molecule has 3 aromatic rings. The first-order valence-corrected chi connectivity index (χ1v) is 12.2. The van der Waals surface area contributed by atoms with Gasteiger partial charge in [0.05, 0.1) is 4.90 Å². The zero-order valence-electron chi connectivity index (χ0n) is 19.3. The van der Waals surface area contributed by atoms with Gasteiger partial charge in [-0.1, -0.05) is 63.2 Å². The third-order valence-corrected chi connectivity index (χ3v) is 6.56. The third kappa shape index (κ3) is 6.91. The normalized spacial score (nSPS) is 12.7. The van der Waals surface area contributed by atoms with E-state index in [2.05, 4.69) is 30.8 Å². The Kier molecular flexibility index (Phi) is 7.56. The molecule has 0 aliphatic heterocycles. The summed E-state index contributed by atoms with van der Waals surface area (Å²) in [5.74, 6) is 0.282. The van der Waals surface area contributed by atoms with E-state index in [1.54, 1.807) is 19.1 Å². The van der Waals surface area contributed by atoms with E-state index in [4.69, 9.17) is 4.74 Å². The standard InChI is InChI=1S/C26H30N2O4S/c1-19(32-23-14-10-21(11-15-23)26(2,3)4)25(29)28-22-12-16-24(17-13-22)33(30,31)27-18-20-8-6-5-7-9-20/h5-17,19,27H,18H2,1-4H3,(H,28,29). The summed E-state index contributed by atoms with van der Waals surface area (Å²) in [6.45, 7) is 8.27. The minimum atomic E-state index is -3.66. The molecule has 2 N–H and O–H groups in total. The molecule has 0 fully saturated rings. The highest BCUT2D eigenvalue weighted by atomic mass is 32.2. The number of benzene rings is 3. The first-order chi connectivity index (χ1) is 15.5. The number of amides is 1. The Morgan fingerprint density at radius 1 is 0.909 bits per heavy atom. The average Bonchev–Trinajstić information content (AvgIpc) is 2.78. The van der Waals surface area contributed by atoms with Crippen molar-refractivity contribution in [2.75, 3.05) is 5.32 Å². The Hall–Kier alpha value is -3.16. The van der Waals surface area contributed by atoms with Crippen LogP contribution in [0.5, 0.6) is 5.75 Å². The van der Waals surface area contributed by atoms with E-state index in [9.17, 15) is 13.2 Å². The van der Waals surface area contributed by atoms with Crippen molar-refractivity contribution < 1.29 is 17.9 Å². The maximum atomic E-state index is 12.5. The predicted octanol–water partition coefficient (Wildman–Crippen LogP) is 4.87. The fourth-order valence-electron chi connectivity index (χ4n) is 3.11. The van der Waals surface area contributed by atoms with Gasteiger partial charge in [0.1, 0.15) is 5.75 Å². The minimum absolute atomic E-state index is 0.0399. The Labute approximate surface area is 196 Å². The molecule has 1 atom stereocenters. The number of ether oxygens (including phenoxy) is 1. The third-order valence-electron chi connectivity index (χ3n) is 5.14. The molecular weight excluding hydrogens is 436 g/mol. The van der Waals surface area contributed by atoms with Gasteiger partial charge in [0.2, 0.25) is 10.0 Å². The number of anilines is 1. The lowest BCUT2D eigenvalue weighted by Gasteiger charge is -2.20. The summed E-state index contributed by atoms with van der Waals surface area (Å²) in [5, 5.41) is 2.75.